The zero-order chi connectivity index (χ0) is 23.8. The van der Waals surface area contributed by atoms with Crippen LogP contribution in [0.4, 0.5) is 0 Å². The summed E-state index contributed by atoms with van der Waals surface area (Å²) < 4.78 is 6.49. The summed E-state index contributed by atoms with van der Waals surface area (Å²) in [5.41, 5.74) is 0.823. The summed E-state index contributed by atoms with van der Waals surface area (Å²) in [4.78, 5) is 14.3. The summed E-state index contributed by atoms with van der Waals surface area (Å²) in [6.45, 7) is 3.82. The first-order valence-electron chi connectivity index (χ1n) is 11.5. The predicted molar refractivity (Wildman–Crippen MR) is 132 cm³/mol. The molecule has 176 valence electrons. The van der Waals surface area contributed by atoms with Gasteiger partial charge in [0.2, 0.25) is 5.72 Å². The van der Waals surface area contributed by atoms with Crippen LogP contribution in [0.1, 0.15) is 42.7 Å². The molecule has 5 atom stereocenters. The maximum absolute atomic E-state index is 14.3. The number of hydrogen-bond acceptors (Lipinski definition) is 3. The van der Waals surface area contributed by atoms with Crippen molar-refractivity contribution in [3.05, 3.63) is 82.4 Å². The third kappa shape index (κ3) is 3.96. The smallest absolute Gasteiger partial charge is 0.319 e. The van der Waals surface area contributed by atoms with Gasteiger partial charge in [-0.2, -0.15) is 0 Å². The summed E-state index contributed by atoms with van der Waals surface area (Å²) in [6, 6.07) is 15.1. The Bertz CT molecular complexity index is 1020. The number of likely N-dealkylation sites (N-methyl/N-ethyl adjacent to an activating group) is 1. The number of carbonyl (C=O) groups excluding carboxylic acids is 1. The third-order valence-corrected chi connectivity index (χ3v) is 8.26. The first kappa shape index (κ1) is 24.4. The van der Waals surface area contributed by atoms with Crippen LogP contribution in [0.15, 0.2) is 61.2 Å². The monoisotopic (exact) mass is 488 g/mol. The average molecular weight is 489 g/mol. The van der Waals surface area contributed by atoms with E-state index in [1.807, 2.05) is 55.6 Å². The molecule has 4 nitrogen and oxygen atoms in total. The number of ether oxygens (including phenoxy) is 1. The van der Waals surface area contributed by atoms with Crippen LogP contribution in [0.5, 0.6) is 0 Å². The molecule has 5 unspecified atom stereocenters. The van der Waals surface area contributed by atoms with E-state index in [1.54, 1.807) is 7.11 Å². The molecular weight excluding hydrogens is 457 g/mol. The van der Waals surface area contributed by atoms with E-state index in [-0.39, 0.29) is 40.8 Å². The van der Waals surface area contributed by atoms with Crippen molar-refractivity contribution in [2.45, 2.75) is 43.4 Å². The second kappa shape index (κ2) is 9.52. The number of amides is 1. The average Bonchev–Trinajstić information content (AvgIpc) is 3.64. The topological polar surface area (TPSA) is 46.5 Å². The Morgan fingerprint density at radius 1 is 1.21 bits per heavy atom. The Kier molecular flexibility index (Phi) is 7.05. The van der Waals surface area contributed by atoms with Gasteiger partial charge in [0.15, 0.2) is 0 Å². The number of nitrogens with zero attached hydrogens (tertiary/aromatic N) is 1. The number of rotatable bonds is 8. The van der Waals surface area contributed by atoms with E-state index in [2.05, 4.69) is 12.6 Å². The number of carbonyl (C=O) groups is 1. The van der Waals surface area contributed by atoms with Gasteiger partial charge in [-0.1, -0.05) is 41.4 Å². The fourth-order valence-corrected chi connectivity index (χ4v) is 6.45. The molecule has 0 spiro atoms. The zero-order valence-electron chi connectivity index (χ0n) is 19.2. The molecule has 1 amide bonds. The number of halogens is 2. The molecule has 0 radical (unpaired) electrons. The van der Waals surface area contributed by atoms with Crippen LogP contribution in [0.25, 0.3) is 0 Å². The molecule has 0 bridgehead atoms. The lowest BCUT2D eigenvalue weighted by molar-refractivity contribution is -0.958. The normalized spacial score (nSPS) is 30.8. The molecule has 1 N–H and O–H groups in total. The quantitative estimate of drug-likeness (QED) is 0.370. The maximum atomic E-state index is 14.3. The molecule has 2 aliphatic rings. The molecule has 6 heteroatoms. The Hall–Kier alpha value is -1.69. The molecule has 2 fully saturated rings. The summed E-state index contributed by atoms with van der Waals surface area (Å²) in [5.74, 6) is -0.0631. The number of hydrogen-bond donors (Lipinski definition) is 1. The summed E-state index contributed by atoms with van der Waals surface area (Å²) in [7, 11) is 3.62. The highest BCUT2D eigenvalue weighted by Crippen LogP contribution is 2.58. The first-order valence-corrected chi connectivity index (χ1v) is 12.3. The van der Waals surface area contributed by atoms with Crippen molar-refractivity contribution in [2.75, 3.05) is 20.8 Å². The molecular formula is C27H32Cl2NO3+. The van der Waals surface area contributed by atoms with Crippen LogP contribution in [-0.2, 0) is 15.3 Å². The molecule has 33 heavy (non-hydrogen) atoms. The van der Waals surface area contributed by atoms with Crippen molar-refractivity contribution in [3.8, 4) is 0 Å². The fourth-order valence-electron chi connectivity index (χ4n) is 6.13. The van der Waals surface area contributed by atoms with Crippen LogP contribution in [0, 0.1) is 11.8 Å². The van der Waals surface area contributed by atoms with Crippen LogP contribution < -0.4 is 0 Å². The van der Waals surface area contributed by atoms with Crippen molar-refractivity contribution in [2.24, 2.45) is 11.8 Å². The maximum Gasteiger partial charge on any atom is 0.319 e. The lowest BCUT2D eigenvalue weighted by Crippen LogP contribution is -2.75. The first-order chi connectivity index (χ1) is 15.8. The van der Waals surface area contributed by atoms with Gasteiger partial charge in [0.1, 0.15) is 6.04 Å². The van der Waals surface area contributed by atoms with E-state index < -0.39 is 5.72 Å². The van der Waals surface area contributed by atoms with Crippen molar-refractivity contribution in [1.82, 2.24) is 0 Å². The molecule has 4 rings (SSSR count). The van der Waals surface area contributed by atoms with Crippen LogP contribution in [0.2, 0.25) is 10.0 Å². The molecule has 1 saturated carbocycles. The van der Waals surface area contributed by atoms with Crippen LogP contribution in [-0.4, -0.2) is 42.3 Å². The van der Waals surface area contributed by atoms with E-state index in [9.17, 15) is 9.90 Å². The highest BCUT2D eigenvalue weighted by atomic mass is 35.5. The highest BCUT2D eigenvalue weighted by Gasteiger charge is 2.69. The number of quaternary nitrogens is 1. The van der Waals surface area contributed by atoms with E-state index in [4.69, 9.17) is 27.9 Å². The minimum Gasteiger partial charge on any atom is -0.390 e. The Balaban J connectivity index is 2.03. The Morgan fingerprint density at radius 3 is 2.45 bits per heavy atom. The van der Waals surface area contributed by atoms with Gasteiger partial charge in [-0.05, 0) is 67.6 Å². The minimum absolute atomic E-state index is 0.0258. The van der Waals surface area contributed by atoms with Crippen LogP contribution >= 0.6 is 23.2 Å². The SMILES string of the molecule is C=CCC1CC(c2cccc(Cl)c2)C(OC)(c2ccc(Cl)cc2)[N+](C)(C(CO)C2CC2)C1=O. The number of aliphatic hydroxyl groups is 1. The standard InChI is InChI=1S/C27H32Cl2NO3/c1-4-6-20-16-24(19-7-5-8-23(29)15-19)27(33-3,21-11-13-22(28)14-12-21)30(2,26(20)32)25(17-31)18-9-10-18/h4-5,7-8,11-15,18,20,24-25,31H,1,6,9-10,16-17H2,2-3H3/q+1. The third-order valence-electron chi connectivity index (χ3n) is 7.78. The van der Waals surface area contributed by atoms with Gasteiger partial charge in [0, 0.05) is 28.6 Å². The van der Waals surface area contributed by atoms with E-state index in [1.165, 1.54) is 0 Å². The number of allylic oxidation sites excluding steroid dienone is 1. The fraction of sp³-hybridized carbons (Fsp3) is 0.444. The lowest BCUT2D eigenvalue weighted by atomic mass is 9.69. The lowest BCUT2D eigenvalue weighted by Gasteiger charge is -2.58. The summed E-state index contributed by atoms with van der Waals surface area (Å²) in [5, 5.41) is 11.9. The number of methoxy groups -OCH3 is 1. The Morgan fingerprint density at radius 2 is 1.91 bits per heavy atom. The van der Waals surface area contributed by atoms with Crippen molar-refractivity contribution < 1.29 is 19.1 Å². The zero-order valence-corrected chi connectivity index (χ0v) is 20.7. The summed E-state index contributed by atoms with van der Waals surface area (Å²) >= 11 is 12.7. The van der Waals surface area contributed by atoms with Gasteiger partial charge in [0.25, 0.3) is 0 Å². The molecule has 0 aromatic heterocycles. The van der Waals surface area contributed by atoms with Gasteiger partial charge in [0.05, 0.1) is 25.5 Å². The molecule has 2 aromatic carbocycles. The molecule has 2 aromatic rings. The van der Waals surface area contributed by atoms with Gasteiger partial charge in [-0.3, -0.25) is 0 Å². The van der Waals surface area contributed by atoms with Crippen molar-refractivity contribution in [1.29, 1.82) is 0 Å². The number of aliphatic hydroxyl groups excluding tert-OH is 1. The van der Waals surface area contributed by atoms with Gasteiger partial charge in [-0.15, -0.1) is 6.58 Å². The predicted octanol–water partition coefficient (Wildman–Crippen LogP) is 5.92. The van der Waals surface area contributed by atoms with E-state index in [0.717, 1.165) is 24.0 Å². The van der Waals surface area contributed by atoms with Crippen LogP contribution in [0.3, 0.4) is 0 Å². The minimum atomic E-state index is -1.06. The second-order valence-electron chi connectivity index (χ2n) is 9.47. The van der Waals surface area contributed by atoms with E-state index in [0.29, 0.717) is 22.9 Å². The molecule has 1 heterocycles. The van der Waals surface area contributed by atoms with Crippen molar-refractivity contribution >= 4 is 29.1 Å². The van der Waals surface area contributed by atoms with Gasteiger partial charge in [-0.25, -0.2) is 9.28 Å². The molecule has 1 aliphatic heterocycles. The number of benzene rings is 2. The van der Waals surface area contributed by atoms with Gasteiger partial charge >= 0.3 is 5.91 Å². The Labute approximate surface area is 206 Å². The second-order valence-corrected chi connectivity index (χ2v) is 10.3. The number of piperidine rings is 1. The van der Waals surface area contributed by atoms with Crippen molar-refractivity contribution in [3.63, 3.8) is 0 Å². The summed E-state index contributed by atoms with van der Waals surface area (Å²) in [6.07, 6.45) is 4.99. The number of likely N-dealkylation sites (tertiary alicyclic amines) is 1. The molecule has 1 aliphatic carbocycles. The van der Waals surface area contributed by atoms with E-state index >= 15 is 0 Å². The highest BCUT2D eigenvalue weighted by molar-refractivity contribution is 6.30. The largest absolute Gasteiger partial charge is 0.390 e. The van der Waals surface area contributed by atoms with Gasteiger partial charge < -0.3 is 9.84 Å². The molecule has 1 saturated heterocycles.